The maximum absolute atomic E-state index is 7.75. The Labute approximate surface area is 128 Å². The second-order valence-corrected chi connectivity index (χ2v) is 6.39. The summed E-state index contributed by atoms with van der Waals surface area (Å²) in [7, 11) is 0. The topological polar surface area (TPSA) is 80.6 Å². The number of nitrogens with one attached hydrogen (secondary N) is 1. The summed E-state index contributed by atoms with van der Waals surface area (Å²) in [6, 6.07) is 5.99. The number of hydrogen-bond acceptors (Lipinski definition) is 4. The van der Waals surface area contributed by atoms with E-state index in [1.54, 1.807) is 11.8 Å². The average Bonchev–Trinajstić information content (AvgIpc) is 2.69. The number of nitrogen functional groups attached to an aromatic ring is 1. The van der Waals surface area contributed by atoms with Gasteiger partial charge in [0.2, 0.25) is 0 Å². The van der Waals surface area contributed by atoms with E-state index in [-0.39, 0.29) is 5.84 Å². The molecule has 2 heterocycles. The van der Waals surface area contributed by atoms with Crippen LogP contribution >= 0.6 is 11.8 Å². The molecule has 6 heteroatoms. The molecule has 2 aromatic rings. The molecule has 1 aliphatic heterocycles. The van der Waals surface area contributed by atoms with Gasteiger partial charge in [0, 0.05) is 23.4 Å². The highest BCUT2D eigenvalue weighted by molar-refractivity contribution is 7.99. The first kappa shape index (κ1) is 14.1. The summed E-state index contributed by atoms with van der Waals surface area (Å²) in [4.78, 5) is 0.965. The summed E-state index contributed by atoms with van der Waals surface area (Å²) in [6.45, 7) is 2.98. The number of aryl methyl sites for hydroxylation is 2. The second-order valence-electron chi connectivity index (χ2n) is 5.38. The second kappa shape index (κ2) is 5.89. The molecule has 0 atom stereocenters. The maximum Gasteiger partial charge on any atom is 0.196 e. The van der Waals surface area contributed by atoms with Gasteiger partial charge in [-0.15, -0.1) is 10.2 Å². The molecule has 3 N–H and O–H groups in total. The first-order valence-corrected chi connectivity index (χ1v) is 8.02. The van der Waals surface area contributed by atoms with Crippen LogP contribution in [-0.2, 0) is 13.0 Å². The molecule has 0 unspecified atom stereocenters. The molecule has 0 aliphatic carbocycles. The molecule has 1 aromatic carbocycles. The molecule has 0 saturated heterocycles. The summed E-state index contributed by atoms with van der Waals surface area (Å²) >= 11 is 1.55. The summed E-state index contributed by atoms with van der Waals surface area (Å²) in [5.74, 6) is 1.17. The number of amidine groups is 1. The maximum atomic E-state index is 7.75. The molecule has 0 fully saturated rings. The Hall–Kier alpha value is -1.82. The van der Waals surface area contributed by atoms with Gasteiger partial charge in [-0.2, -0.15) is 0 Å². The summed E-state index contributed by atoms with van der Waals surface area (Å²) < 4.78 is 2.21. The van der Waals surface area contributed by atoms with Crippen LogP contribution in [0.25, 0.3) is 0 Å². The smallest absolute Gasteiger partial charge is 0.196 e. The Kier molecular flexibility index (Phi) is 3.96. The first-order chi connectivity index (χ1) is 10.1. The van der Waals surface area contributed by atoms with Crippen molar-refractivity contribution in [2.75, 3.05) is 0 Å². The highest BCUT2D eigenvalue weighted by Gasteiger charge is 2.17. The Bertz CT molecular complexity index is 677. The largest absolute Gasteiger partial charge is 0.384 e. The summed E-state index contributed by atoms with van der Waals surface area (Å²) in [5.41, 5.74) is 7.57. The number of aromatic nitrogens is 3. The van der Waals surface area contributed by atoms with Crippen molar-refractivity contribution in [3.8, 4) is 0 Å². The highest BCUT2D eigenvalue weighted by atomic mass is 32.2. The van der Waals surface area contributed by atoms with Crippen molar-refractivity contribution < 1.29 is 0 Å². The van der Waals surface area contributed by atoms with Gasteiger partial charge >= 0.3 is 0 Å². The molecule has 0 amide bonds. The molecule has 21 heavy (non-hydrogen) atoms. The van der Waals surface area contributed by atoms with E-state index in [4.69, 9.17) is 11.1 Å². The third-order valence-corrected chi connectivity index (χ3v) is 4.76. The zero-order valence-electron chi connectivity index (χ0n) is 12.1. The van der Waals surface area contributed by atoms with Crippen molar-refractivity contribution in [2.45, 2.75) is 49.2 Å². The molecule has 0 bridgehead atoms. The molecule has 0 radical (unpaired) electrons. The van der Waals surface area contributed by atoms with Crippen molar-refractivity contribution in [2.24, 2.45) is 5.73 Å². The molecule has 5 nitrogen and oxygen atoms in total. The number of hydrogen-bond donors (Lipinski definition) is 2. The molecule has 110 valence electrons. The zero-order chi connectivity index (χ0) is 14.8. The van der Waals surface area contributed by atoms with Crippen LogP contribution in [0.15, 0.2) is 28.3 Å². The number of rotatable bonds is 3. The molecule has 0 spiro atoms. The van der Waals surface area contributed by atoms with E-state index in [1.807, 2.05) is 25.1 Å². The van der Waals surface area contributed by atoms with E-state index in [0.29, 0.717) is 0 Å². The Morgan fingerprint density at radius 1 is 1.29 bits per heavy atom. The minimum Gasteiger partial charge on any atom is -0.384 e. The van der Waals surface area contributed by atoms with Crippen LogP contribution in [0.1, 0.15) is 36.2 Å². The number of benzene rings is 1. The van der Waals surface area contributed by atoms with Gasteiger partial charge in [0.15, 0.2) is 5.16 Å². The predicted octanol–water partition coefficient (Wildman–Crippen LogP) is 2.75. The van der Waals surface area contributed by atoms with Crippen molar-refractivity contribution in [3.63, 3.8) is 0 Å². The Morgan fingerprint density at radius 2 is 2.14 bits per heavy atom. The molecule has 3 rings (SSSR count). The molecular formula is C15H19N5S. The lowest BCUT2D eigenvalue weighted by atomic mass is 10.1. The quantitative estimate of drug-likeness (QED) is 0.675. The fourth-order valence-corrected chi connectivity index (χ4v) is 3.58. The van der Waals surface area contributed by atoms with E-state index in [2.05, 4.69) is 14.8 Å². The fourth-order valence-electron chi connectivity index (χ4n) is 2.58. The van der Waals surface area contributed by atoms with Crippen LogP contribution in [0, 0.1) is 12.3 Å². The van der Waals surface area contributed by atoms with Crippen molar-refractivity contribution in [3.05, 3.63) is 35.2 Å². The van der Waals surface area contributed by atoms with Gasteiger partial charge in [-0.3, -0.25) is 5.41 Å². The number of nitrogens with two attached hydrogens (primary N) is 1. The van der Waals surface area contributed by atoms with Gasteiger partial charge in [-0.05, 0) is 43.7 Å². The van der Waals surface area contributed by atoms with Crippen LogP contribution in [0.4, 0.5) is 0 Å². The normalized spacial score (nSPS) is 14.5. The monoisotopic (exact) mass is 301 g/mol. The summed E-state index contributed by atoms with van der Waals surface area (Å²) in [5, 5.41) is 17.3. The lowest BCUT2D eigenvalue weighted by molar-refractivity contribution is 0.591. The zero-order valence-corrected chi connectivity index (χ0v) is 12.9. The average molecular weight is 301 g/mol. The van der Waals surface area contributed by atoms with Crippen LogP contribution in [-0.4, -0.2) is 20.6 Å². The predicted molar refractivity (Wildman–Crippen MR) is 83.9 cm³/mol. The van der Waals surface area contributed by atoms with E-state index in [0.717, 1.165) is 40.0 Å². The van der Waals surface area contributed by atoms with Gasteiger partial charge in [0.1, 0.15) is 11.7 Å². The Balaban J connectivity index is 1.94. The third-order valence-electron chi connectivity index (χ3n) is 3.70. The van der Waals surface area contributed by atoms with E-state index in [9.17, 15) is 0 Å². The lowest BCUT2D eigenvalue weighted by Gasteiger charge is -2.10. The van der Waals surface area contributed by atoms with Crippen LogP contribution in [0.2, 0.25) is 0 Å². The van der Waals surface area contributed by atoms with Gasteiger partial charge in [-0.25, -0.2) is 0 Å². The minimum atomic E-state index is 0.0943. The Morgan fingerprint density at radius 3 is 2.95 bits per heavy atom. The van der Waals surface area contributed by atoms with Crippen molar-refractivity contribution in [1.29, 1.82) is 5.41 Å². The first-order valence-electron chi connectivity index (χ1n) is 7.20. The summed E-state index contributed by atoms with van der Waals surface area (Å²) in [6.07, 6.45) is 4.61. The minimum absolute atomic E-state index is 0.0943. The van der Waals surface area contributed by atoms with Gasteiger partial charge in [-0.1, -0.05) is 18.1 Å². The van der Waals surface area contributed by atoms with Crippen molar-refractivity contribution >= 4 is 17.6 Å². The SMILES string of the molecule is Cc1ccc(Sc2nnc3n2CCCCC3)c(C(=N)N)c1. The highest BCUT2D eigenvalue weighted by Crippen LogP contribution is 2.31. The van der Waals surface area contributed by atoms with Crippen molar-refractivity contribution in [1.82, 2.24) is 14.8 Å². The molecule has 1 aromatic heterocycles. The van der Waals surface area contributed by atoms with Gasteiger partial charge in [0.25, 0.3) is 0 Å². The molecule has 1 aliphatic rings. The number of nitrogens with zero attached hydrogens (tertiary/aromatic N) is 3. The van der Waals surface area contributed by atoms with Crippen LogP contribution < -0.4 is 5.73 Å². The van der Waals surface area contributed by atoms with Crippen LogP contribution in [0.3, 0.4) is 0 Å². The van der Waals surface area contributed by atoms with E-state index in [1.165, 1.54) is 19.3 Å². The third kappa shape index (κ3) is 2.95. The van der Waals surface area contributed by atoms with Gasteiger partial charge < -0.3 is 10.3 Å². The van der Waals surface area contributed by atoms with E-state index < -0.39 is 0 Å². The van der Waals surface area contributed by atoms with Gasteiger partial charge in [0.05, 0.1) is 0 Å². The molecular weight excluding hydrogens is 282 g/mol. The fraction of sp³-hybridized carbons (Fsp3) is 0.400. The van der Waals surface area contributed by atoms with Crippen LogP contribution in [0.5, 0.6) is 0 Å². The lowest BCUT2D eigenvalue weighted by Crippen LogP contribution is -2.12. The van der Waals surface area contributed by atoms with E-state index >= 15 is 0 Å². The standard InChI is InChI=1S/C15H19N5S/c1-10-6-7-12(11(9-10)14(16)17)21-15-19-18-13-5-3-2-4-8-20(13)15/h6-7,9H,2-5,8H2,1H3,(H3,16,17). The number of fused-ring (bicyclic) bond motifs is 1. The molecule has 0 saturated carbocycles.